The van der Waals surface area contributed by atoms with Crippen LogP contribution in [0.5, 0.6) is 0 Å². The molecule has 6 nitrogen and oxygen atoms in total. The maximum absolute atomic E-state index is 2.39. The Morgan fingerprint density at radius 1 is 0.491 bits per heavy atom. The molecule has 0 bridgehead atoms. The van der Waals surface area contributed by atoms with Crippen molar-refractivity contribution in [2.75, 3.05) is 104 Å². The minimum absolute atomic E-state index is 1.03. The molecule has 0 unspecified atom stereocenters. The van der Waals surface area contributed by atoms with Gasteiger partial charge in [-0.3, -0.25) is 0 Å². The molecule has 0 aliphatic rings. The van der Waals surface area contributed by atoms with Crippen LogP contribution in [0.4, 0.5) is 11.4 Å². The number of nitrogens with zero attached hydrogens (tertiary/aromatic N) is 6. The fourth-order valence-corrected chi connectivity index (χ4v) is 8.75. The zero-order chi connectivity index (χ0) is 38.1. The third-order valence-electron chi connectivity index (χ3n) is 9.88. The lowest BCUT2D eigenvalue weighted by Gasteiger charge is -2.30. The van der Waals surface area contributed by atoms with E-state index in [2.05, 4.69) is 219 Å². The van der Waals surface area contributed by atoms with Crippen LogP contribution in [0.3, 0.4) is 0 Å². The predicted octanol–water partition coefficient (Wildman–Crippen LogP) is 8.14. The molecule has 0 amide bonds. The summed E-state index contributed by atoms with van der Waals surface area (Å²) in [4.78, 5) is 4.27. The van der Waals surface area contributed by atoms with Crippen LogP contribution in [-0.4, -0.2) is 103 Å². The van der Waals surface area contributed by atoms with E-state index in [0.29, 0.717) is 0 Å². The molecule has 0 atom stereocenters. The molecule has 4 rings (SSSR count). The molecule has 0 radical (unpaired) electrons. The number of aromatic nitrogens is 2. The fourth-order valence-electron chi connectivity index (χ4n) is 6.22. The largest absolute Gasteiger partial charge is 0.378 e. The molecule has 2 aromatic heterocycles. The first-order valence-electron chi connectivity index (χ1n) is 19.2. The lowest BCUT2D eigenvalue weighted by molar-refractivity contribution is -0.890. The van der Waals surface area contributed by atoms with Crippen molar-refractivity contribution in [1.82, 2.24) is 0 Å². The van der Waals surface area contributed by atoms with Gasteiger partial charge in [0.2, 0.25) is 11.4 Å². The van der Waals surface area contributed by atoms with Gasteiger partial charge in [0.1, 0.15) is 6.54 Å². The van der Waals surface area contributed by atoms with E-state index in [1.807, 2.05) is 0 Å². The molecular weight excluding hydrogens is 689 g/mol. The average Bonchev–Trinajstić information content (AvgIpc) is 3.14. The highest BCUT2D eigenvalue weighted by Gasteiger charge is 2.18. The lowest BCUT2D eigenvalue weighted by atomic mass is 10.1. The Morgan fingerprint density at radius 3 is 1.34 bits per heavy atom. The summed E-state index contributed by atoms with van der Waals surface area (Å²) in [7, 11) is 22.0. The van der Waals surface area contributed by atoms with Crippen molar-refractivity contribution in [2.45, 2.75) is 32.4 Å². The van der Waals surface area contributed by atoms with Gasteiger partial charge < -0.3 is 18.8 Å². The average molecular weight is 755 g/mol. The number of quaternary nitrogens is 2. The van der Waals surface area contributed by atoms with Gasteiger partial charge in [-0.15, -0.1) is 0 Å². The van der Waals surface area contributed by atoms with Gasteiger partial charge in [0.25, 0.3) is 0 Å². The van der Waals surface area contributed by atoms with Gasteiger partial charge in [-0.05, 0) is 59.7 Å². The lowest BCUT2D eigenvalue weighted by Crippen LogP contribution is -2.45. The molecule has 2 aromatic carbocycles. The minimum atomic E-state index is 1.03. The molecule has 0 spiro atoms. The zero-order valence-corrected chi connectivity index (χ0v) is 35.5. The number of benzene rings is 2. The van der Waals surface area contributed by atoms with Gasteiger partial charge >= 0.3 is 0 Å². The van der Waals surface area contributed by atoms with Crippen molar-refractivity contribution >= 4 is 57.3 Å². The van der Waals surface area contributed by atoms with Crippen molar-refractivity contribution in [1.29, 1.82) is 0 Å². The van der Waals surface area contributed by atoms with E-state index in [1.165, 1.54) is 84.4 Å². The molecule has 4 aromatic rings. The normalized spacial score (nSPS) is 12.2. The standard InChI is InChI=1S/C45H66N6S2/c1-46(2)42-24-18-40(19-25-42)22-28-44-16-9-11-30-48(44)32-13-14-34-50(5,6)36-38-52-53-39-37-51(7,8)35-15-33-49-31-12-10-17-45(49)29-23-41-20-26-43(27-21-41)47(3)4/h9-12,16-31H,13-15,32-39H2,1-8H3/q+4. The number of aryl methyl sites for hydroxylation is 2. The Balaban J connectivity index is 1.09. The summed E-state index contributed by atoms with van der Waals surface area (Å²) in [6.07, 6.45) is 16.9. The summed E-state index contributed by atoms with van der Waals surface area (Å²) in [5.41, 5.74) is 7.39. The van der Waals surface area contributed by atoms with E-state index in [9.17, 15) is 0 Å². The van der Waals surface area contributed by atoms with Gasteiger partial charge in [-0.25, -0.2) is 0 Å². The molecule has 284 valence electrons. The van der Waals surface area contributed by atoms with Crippen molar-refractivity contribution in [3.63, 3.8) is 0 Å². The monoisotopic (exact) mass is 754 g/mol. The van der Waals surface area contributed by atoms with Crippen LogP contribution in [0, 0.1) is 0 Å². The van der Waals surface area contributed by atoms with Gasteiger partial charge in [0.15, 0.2) is 18.9 Å². The molecule has 0 saturated heterocycles. The maximum atomic E-state index is 2.39. The molecule has 53 heavy (non-hydrogen) atoms. The van der Waals surface area contributed by atoms with Gasteiger partial charge in [-0.2, -0.15) is 9.13 Å². The summed E-state index contributed by atoms with van der Waals surface area (Å²) in [5.74, 6) is 2.39. The maximum Gasteiger partial charge on any atom is 0.205 e. The van der Waals surface area contributed by atoms with Crippen molar-refractivity contribution < 1.29 is 18.1 Å². The topological polar surface area (TPSA) is 14.2 Å². The van der Waals surface area contributed by atoms with Crippen LogP contribution < -0.4 is 18.9 Å². The number of rotatable bonds is 22. The van der Waals surface area contributed by atoms with Crippen LogP contribution in [0.1, 0.15) is 41.8 Å². The smallest absolute Gasteiger partial charge is 0.205 e. The third-order valence-corrected chi connectivity index (χ3v) is 12.2. The van der Waals surface area contributed by atoms with Crippen molar-refractivity contribution in [3.8, 4) is 0 Å². The van der Waals surface area contributed by atoms with E-state index >= 15 is 0 Å². The molecule has 2 heterocycles. The second-order valence-electron chi connectivity index (χ2n) is 15.7. The van der Waals surface area contributed by atoms with Crippen molar-refractivity contribution in [2.24, 2.45) is 0 Å². The van der Waals surface area contributed by atoms with Crippen LogP contribution >= 0.6 is 21.6 Å². The summed E-state index contributed by atoms with van der Waals surface area (Å²) >= 11 is 0. The minimum Gasteiger partial charge on any atom is -0.378 e. The summed E-state index contributed by atoms with van der Waals surface area (Å²) in [5, 5.41) is 0. The highest BCUT2D eigenvalue weighted by molar-refractivity contribution is 8.76. The molecule has 0 aliphatic carbocycles. The number of hydrogen-bond donors (Lipinski definition) is 0. The Morgan fingerprint density at radius 2 is 0.906 bits per heavy atom. The summed E-state index contributed by atoms with van der Waals surface area (Å²) in [6, 6.07) is 30.4. The second kappa shape index (κ2) is 21.4. The number of pyridine rings is 2. The number of hydrogen-bond acceptors (Lipinski definition) is 4. The van der Waals surface area contributed by atoms with Crippen LogP contribution in [-0.2, 0) is 13.1 Å². The summed E-state index contributed by atoms with van der Waals surface area (Å²) in [6.45, 7) is 6.88. The van der Waals surface area contributed by atoms with E-state index in [1.54, 1.807) is 0 Å². The molecular formula is C45H66N6S2+4. The zero-order valence-electron chi connectivity index (χ0n) is 33.8. The Labute approximate surface area is 330 Å². The molecule has 0 N–H and O–H groups in total. The van der Waals surface area contributed by atoms with Gasteiger partial charge in [0.05, 0.1) is 72.3 Å². The predicted molar refractivity (Wildman–Crippen MR) is 235 cm³/mol. The van der Waals surface area contributed by atoms with Crippen LogP contribution in [0.2, 0.25) is 0 Å². The third kappa shape index (κ3) is 15.4. The van der Waals surface area contributed by atoms with Crippen LogP contribution in [0.25, 0.3) is 24.3 Å². The quantitative estimate of drug-likeness (QED) is 0.0348. The van der Waals surface area contributed by atoms with Crippen LogP contribution in [0.15, 0.2) is 97.3 Å². The molecule has 0 fully saturated rings. The number of anilines is 2. The van der Waals surface area contributed by atoms with Gasteiger partial charge in [0, 0.05) is 88.8 Å². The Hall–Kier alpha value is -3.56. The Kier molecular flexibility index (Phi) is 17.0. The highest BCUT2D eigenvalue weighted by Crippen LogP contribution is 2.23. The number of unbranched alkanes of at least 4 members (excludes halogenated alkanes) is 1. The van der Waals surface area contributed by atoms with E-state index in [0.717, 1.165) is 28.5 Å². The first-order chi connectivity index (χ1) is 25.4. The Bertz CT molecular complexity index is 1710. The summed E-state index contributed by atoms with van der Waals surface area (Å²) < 4.78 is 6.92. The SMILES string of the molecule is CN(C)c1ccc(/C=C/c2cccc[n+]2CCCC[N+](C)(C)CCSSCC[N+](C)(C)CCC[n+]2ccccc2/C=C/c2ccc(N(C)C)cc2)cc1. The second-order valence-corrected chi connectivity index (χ2v) is 18.4. The van der Waals surface area contributed by atoms with Crippen molar-refractivity contribution in [3.05, 3.63) is 120 Å². The first kappa shape index (κ1) is 42.2. The van der Waals surface area contributed by atoms with Gasteiger partial charge in [-0.1, -0.05) is 45.9 Å². The molecule has 8 heteroatoms. The molecule has 0 aliphatic heterocycles. The molecule has 0 saturated carbocycles. The fraction of sp³-hybridized carbons (Fsp3) is 0.422. The first-order valence-corrected chi connectivity index (χ1v) is 21.7. The van der Waals surface area contributed by atoms with E-state index in [4.69, 9.17) is 0 Å². The van der Waals surface area contributed by atoms with E-state index < -0.39 is 0 Å². The van der Waals surface area contributed by atoms with E-state index in [-0.39, 0.29) is 0 Å². The highest BCUT2D eigenvalue weighted by atomic mass is 33.1.